The quantitative estimate of drug-likeness (QED) is 0.873. The van der Waals surface area contributed by atoms with Gasteiger partial charge in [0.25, 0.3) is 0 Å². The van der Waals surface area contributed by atoms with Gasteiger partial charge in [0.15, 0.2) is 0 Å². The van der Waals surface area contributed by atoms with Crippen LogP contribution in [0.25, 0.3) is 0 Å². The summed E-state index contributed by atoms with van der Waals surface area (Å²) >= 11 is 0. The van der Waals surface area contributed by atoms with E-state index in [-0.39, 0.29) is 6.04 Å². The molecule has 5 nitrogen and oxygen atoms in total. The molecule has 1 unspecified atom stereocenters. The Bertz CT molecular complexity index is 513. The number of nitrogens with two attached hydrogens (primary N) is 1. The van der Waals surface area contributed by atoms with E-state index in [9.17, 15) is 0 Å². The van der Waals surface area contributed by atoms with Crippen LogP contribution in [0, 0.1) is 0 Å². The molecule has 0 fully saturated rings. The highest BCUT2D eigenvalue weighted by Crippen LogP contribution is 2.30. The molecule has 2 aromatic heterocycles. The lowest BCUT2D eigenvalue weighted by molar-refractivity contribution is 0.489. The molecule has 2 heterocycles. The number of nitrogen functional groups attached to an aromatic ring is 1. The van der Waals surface area contributed by atoms with Gasteiger partial charge in [0.1, 0.15) is 11.6 Å². The van der Waals surface area contributed by atoms with Gasteiger partial charge in [0.2, 0.25) is 0 Å². The maximum Gasteiger partial charge on any atom is 0.148 e. The lowest BCUT2D eigenvalue weighted by Gasteiger charge is -2.13. The molecule has 0 radical (unpaired) electrons. The predicted octanol–water partition coefficient (Wildman–Crippen LogP) is 2.89. The van der Waals surface area contributed by atoms with E-state index >= 15 is 0 Å². The van der Waals surface area contributed by atoms with Crippen LogP contribution in [-0.4, -0.2) is 9.78 Å². The molecule has 0 spiro atoms. The van der Waals surface area contributed by atoms with Gasteiger partial charge in [-0.3, -0.25) is 4.68 Å². The van der Waals surface area contributed by atoms with Crippen LogP contribution >= 0.6 is 0 Å². The average molecular weight is 248 g/mol. The Kier molecular flexibility index (Phi) is 3.32. The minimum absolute atomic E-state index is 0.0534. The summed E-state index contributed by atoms with van der Waals surface area (Å²) in [4.78, 5) is 0. The molecule has 0 aromatic carbocycles. The summed E-state index contributed by atoms with van der Waals surface area (Å²) in [6.45, 7) is 6.19. The number of rotatable bonds is 4. The average Bonchev–Trinajstić information content (AvgIpc) is 2.92. The van der Waals surface area contributed by atoms with E-state index in [1.165, 1.54) is 0 Å². The highest BCUT2D eigenvalue weighted by Gasteiger charge is 2.18. The van der Waals surface area contributed by atoms with Gasteiger partial charge in [-0.15, -0.1) is 0 Å². The fourth-order valence-electron chi connectivity index (χ4n) is 1.97. The zero-order chi connectivity index (χ0) is 13.3. The lowest BCUT2D eigenvalue weighted by Crippen LogP contribution is -2.10. The smallest absolute Gasteiger partial charge is 0.148 e. The van der Waals surface area contributed by atoms with Crippen LogP contribution in [0.4, 0.5) is 11.5 Å². The molecular weight excluding hydrogens is 228 g/mol. The summed E-state index contributed by atoms with van der Waals surface area (Å²) in [6, 6.07) is 3.87. The molecule has 0 bridgehead atoms. The predicted molar refractivity (Wildman–Crippen MR) is 72.5 cm³/mol. The SMILES string of the molecule is CC(C)c1nn(C)c(NC(C)c2ccco2)c1N. The van der Waals surface area contributed by atoms with Crippen molar-refractivity contribution in [3.05, 3.63) is 29.9 Å². The fraction of sp³-hybridized carbons (Fsp3) is 0.462. The molecule has 0 saturated carbocycles. The van der Waals surface area contributed by atoms with Crippen molar-refractivity contribution in [2.75, 3.05) is 11.1 Å². The molecule has 2 rings (SSSR count). The summed E-state index contributed by atoms with van der Waals surface area (Å²) in [5, 5.41) is 7.78. The largest absolute Gasteiger partial charge is 0.467 e. The number of aromatic nitrogens is 2. The number of anilines is 2. The van der Waals surface area contributed by atoms with Gasteiger partial charge in [-0.05, 0) is 25.0 Å². The van der Waals surface area contributed by atoms with Gasteiger partial charge < -0.3 is 15.5 Å². The van der Waals surface area contributed by atoms with E-state index in [0.717, 1.165) is 17.3 Å². The number of nitrogens with zero attached hydrogens (tertiary/aromatic N) is 2. The first-order valence-electron chi connectivity index (χ1n) is 6.13. The van der Waals surface area contributed by atoms with Crippen LogP contribution in [0.3, 0.4) is 0 Å². The zero-order valence-electron chi connectivity index (χ0n) is 11.3. The molecule has 0 saturated heterocycles. The maximum absolute atomic E-state index is 6.13. The first kappa shape index (κ1) is 12.5. The van der Waals surface area contributed by atoms with E-state index in [1.807, 2.05) is 26.1 Å². The molecule has 0 aliphatic carbocycles. The minimum Gasteiger partial charge on any atom is -0.467 e. The first-order valence-corrected chi connectivity index (χ1v) is 6.13. The number of aryl methyl sites for hydroxylation is 1. The van der Waals surface area contributed by atoms with E-state index < -0.39 is 0 Å². The topological polar surface area (TPSA) is 69.0 Å². The molecule has 0 aliphatic heterocycles. The molecule has 0 amide bonds. The van der Waals surface area contributed by atoms with Crippen molar-refractivity contribution in [3.63, 3.8) is 0 Å². The highest BCUT2D eigenvalue weighted by atomic mass is 16.3. The van der Waals surface area contributed by atoms with Crippen molar-refractivity contribution >= 4 is 11.5 Å². The molecule has 1 atom stereocenters. The van der Waals surface area contributed by atoms with Crippen molar-refractivity contribution in [1.29, 1.82) is 0 Å². The third-order valence-corrected chi connectivity index (χ3v) is 2.98. The number of furan rings is 1. The van der Waals surface area contributed by atoms with Gasteiger partial charge in [-0.1, -0.05) is 13.8 Å². The van der Waals surface area contributed by atoms with Crippen molar-refractivity contribution in [2.45, 2.75) is 32.7 Å². The van der Waals surface area contributed by atoms with Crippen LogP contribution in [0.5, 0.6) is 0 Å². The summed E-state index contributed by atoms with van der Waals surface area (Å²) in [5.74, 6) is 2.02. The van der Waals surface area contributed by atoms with Crippen molar-refractivity contribution in [1.82, 2.24) is 9.78 Å². The summed E-state index contributed by atoms with van der Waals surface area (Å²) in [6.07, 6.45) is 1.67. The Morgan fingerprint density at radius 1 is 1.39 bits per heavy atom. The van der Waals surface area contributed by atoms with E-state index in [1.54, 1.807) is 10.9 Å². The van der Waals surface area contributed by atoms with Crippen LogP contribution in [0.1, 0.15) is 44.2 Å². The Hall–Kier alpha value is -1.91. The summed E-state index contributed by atoms with van der Waals surface area (Å²) in [5.41, 5.74) is 7.77. The first-order chi connectivity index (χ1) is 8.50. The minimum atomic E-state index is 0.0534. The lowest BCUT2D eigenvalue weighted by atomic mass is 10.1. The fourth-order valence-corrected chi connectivity index (χ4v) is 1.97. The number of nitrogens with one attached hydrogen (secondary N) is 1. The number of hydrogen-bond donors (Lipinski definition) is 2. The molecule has 5 heteroatoms. The molecule has 2 aromatic rings. The van der Waals surface area contributed by atoms with E-state index in [2.05, 4.69) is 24.3 Å². The van der Waals surface area contributed by atoms with Gasteiger partial charge >= 0.3 is 0 Å². The Morgan fingerprint density at radius 3 is 2.61 bits per heavy atom. The van der Waals surface area contributed by atoms with Crippen LogP contribution in [0.15, 0.2) is 22.8 Å². The standard InChI is InChI=1S/C13H20N4O/c1-8(2)12-11(14)13(17(4)16-12)15-9(3)10-6-5-7-18-10/h5-9,15H,14H2,1-4H3. The monoisotopic (exact) mass is 248 g/mol. The van der Waals surface area contributed by atoms with Gasteiger partial charge in [-0.25, -0.2) is 0 Å². The van der Waals surface area contributed by atoms with Crippen molar-refractivity contribution in [2.24, 2.45) is 7.05 Å². The molecule has 98 valence electrons. The third-order valence-electron chi connectivity index (χ3n) is 2.98. The van der Waals surface area contributed by atoms with E-state index in [0.29, 0.717) is 11.6 Å². The Labute approximate surface area is 107 Å². The second-order valence-corrected chi connectivity index (χ2v) is 4.81. The van der Waals surface area contributed by atoms with E-state index in [4.69, 9.17) is 10.2 Å². The summed E-state index contributed by atoms with van der Waals surface area (Å²) in [7, 11) is 1.89. The second-order valence-electron chi connectivity index (χ2n) is 4.81. The second kappa shape index (κ2) is 4.76. The molecule has 18 heavy (non-hydrogen) atoms. The van der Waals surface area contributed by atoms with Gasteiger partial charge in [0, 0.05) is 7.05 Å². The Morgan fingerprint density at radius 2 is 2.11 bits per heavy atom. The van der Waals surface area contributed by atoms with Crippen molar-refractivity contribution < 1.29 is 4.42 Å². The van der Waals surface area contributed by atoms with Gasteiger partial charge in [0.05, 0.1) is 23.7 Å². The van der Waals surface area contributed by atoms with Gasteiger partial charge in [-0.2, -0.15) is 5.10 Å². The third kappa shape index (κ3) is 2.20. The Balaban J connectivity index is 2.24. The number of hydrogen-bond acceptors (Lipinski definition) is 4. The van der Waals surface area contributed by atoms with Crippen LogP contribution < -0.4 is 11.1 Å². The normalized spacial score (nSPS) is 12.9. The highest BCUT2D eigenvalue weighted by molar-refractivity contribution is 5.66. The molecular formula is C13H20N4O. The molecule has 3 N–H and O–H groups in total. The van der Waals surface area contributed by atoms with Crippen LogP contribution in [0.2, 0.25) is 0 Å². The zero-order valence-corrected chi connectivity index (χ0v) is 11.3. The summed E-state index contributed by atoms with van der Waals surface area (Å²) < 4.78 is 7.15. The maximum atomic E-state index is 6.13. The van der Waals surface area contributed by atoms with Crippen molar-refractivity contribution in [3.8, 4) is 0 Å². The van der Waals surface area contributed by atoms with Crippen LogP contribution in [-0.2, 0) is 7.05 Å². The molecule has 0 aliphatic rings.